The lowest BCUT2D eigenvalue weighted by Crippen LogP contribution is -2.25. The largest absolute Gasteiger partial charge is 0.352 e. The molecule has 0 spiro atoms. The number of carbonyl (C=O) groups is 1. The lowest BCUT2D eigenvalue weighted by Gasteiger charge is -2.10. The summed E-state index contributed by atoms with van der Waals surface area (Å²) in [6.45, 7) is 4.91. The second kappa shape index (κ2) is 8.18. The van der Waals surface area contributed by atoms with Crippen LogP contribution in [0.4, 0.5) is 11.5 Å². The first-order valence-corrected chi connectivity index (χ1v) is 8.17. The van der Waals surface area contributed by atoms with Gasteiger partial charge in [0.1, 0.15) is 5.82 Å². The molecular formula is C17H19Cl2N3O. The van der Waals surface area contributed by atoms with Crippen molar-refractivity contribution in [1.82, 2.24) is 10.3 Å². The molecule has 122 valence electrons. The van der Waals surface area contributed by atoms with E-state index >= 15 is 0 Å². The predicted octanol–water partition coefficient (Wildman–Crippen LogP) is 4.91. The van der Waals surface area contributed by atoms with Crippen molar-refractivity contribution in [3.63, 3.8) is 0 Å². The number of hydrogen-bond acceptors (Lipinski definition) is 3. The van der Waals surface area contributed by atoms with Gasteiger partial charge in [-0.05, 0) is 42.7 Å². The topological polar surface area (TPSA) is 54.0 Å². The fourth-order valence-corrected chi connectivity index (χ4v) is 2.24. The van der Waals surface area contributed by atoms with E-state index in [9.17, 15) is 4.79 Å². The highest BCUT2D eigenvalue weighted by atomic mass is 35.5. The van der Waals surface area contributed by atoms with Crippen molar-refractivity contribution < 1.29 is 4.79 Å². The van der Waals surface area contributed by atoms with E-state index in [1.54, 1.807) is 36.5 Å². The molecule has 4 nitrogen and oxygen atoms in total. The van der Waals surface area contributed by atoms with Crippen LogP contribution >= 0.6 is 23.2 Å². The Balaban J connectivity index is 2.04. The maximum Gasteiger partial charge on any atom is 0.251 e. The Hall–Kier alpha value is -1.78. The molecule has 0 fully saturated rings. The van der Waals surface area contributed by atoms with Gasteiger partial charge >= 0.3 is 0 Å². The number of halogens is 2. The van der Waals surface area contributed by atoms with Crippen LogP contribution in [0.2, 0.25) is 10.0 Å². The first kappa shape index (κ1) is 17.6. The van der Waals surface area contributed by atoms with Crippen molar-refractivity contribution >= 4 is 40.6 Å². The molecule has 0 atom stereocenters. The fourth-order valence-electron chi connectivity index (χ4n) is 1.94. The van der Waals surface area contributed by atoms with Gasteiger partial charge in [-0.1, -0.05) is 37.0 Å². The average molecular weight is 352 g/mol. The molecule has 0 saturated carbocycles. The fraction of sp³-hybridized carbons (Fsp3) is 0.294. The molecule has 1 heterocycles. The van der Waals surface area contributed by atoms with E-state index in [-0.39, 0.29) is 5.91 Å². The van der Waals surface area contributed by atoms with Crippen LogP contribution in [0.3, 0.4) is 0 Å². The van der Waals surface area contributed by atoms with Crippen LogP contribution in [0.1, 0.15) is 30.6 Å². The minimum atomic E-state index is -0.106. The number of hydrogen-bond donors (Lipinski definition) is 2. The minimum absolute atomic E-state index is 0.106. The number of carbonyl (C=O) groups excluding carboxylic acids is 1. The molecule has 0 aliphatic carbocycles. The number of pyridine rings is 1. The lowest BCUT2D eigenvalue weighted by molar-refractivity contribution is 0.0952. The van der Waals surface area contributed by atoms with Gasteiger partial charge in [0.15, 0.2) is 0 Å². The third-order valence-corrected chi connectivity index (χ3v) is 3.96. The molecule has 0 saturated heterocycles. The van der Waals surface area contributed by atoms with E-state index in [0.29, 0.717) is 33.9 Å². The van der Waals surface area contributed by atoms with Crippen molar-refractivity contribution in [1.29, 1.82) is 0 Å². The number of aromatic nitrogens is 1. The van der Waals surface area contributed by atoms with Crippen molar-refractivity contribution in [2.45, 2.75) is 20.3 Å². The summed E-state index contributed by atoms with van der Waals surface area (Å²) in [5.41, 5.74) is 1.32. The Kier molecular flexibility index (Phi) is 6.25. The number of amides is 1. The molecule has 0 radical (unpaired) electrons. The molecule has 2 N–H and O–H groups in total. The van der Waals surface area contributed by atoms with Gasteiger partial charge in [0.05, 0.1) is 10.0 Å². The van der Waals surface area contributed by atoms with Crippen LogP contribution in [0.25, 0.3) is 0 Å². The first-order valence-electron chi connectivity index (χ1n) is 7.42. The Labute approximate surface area is 146 Å². The van der Waals surface area contributed by atoms with Crippen LogP contribution < -0.4 is 10.6 Å². The third kappa shape index (κ3) is 5.41. The van der Waals surface area contributed by atoms with Gasteiger partial charge in [0.2, 0.25) is 0 Å². The summed E-state index contributed by atoms with van der Waals surface area (Å²) in [7, 11) is 0. The highest BCUT2D eigenvalue weighted by Crippen LogP contribution is 2.26. The summed E-state index contributed by atoms with van der Waals surface area (Å²) in [5, 5.41) is 6.96. The Morgan fingerprint density at radius 1 is 1.17 bits per heavy atom. The molecule has 0 bridgehead atoms. The SMILES string of the molecule is CC(C)CCNC(=O)c1ccnc(Nc2ccc(Cl)c(Cl)c2)c1. The lowest BCUT2D eigenvalue weighted by atomic mass is 10.1. The van der Waals surface area contributed by atoms with Crippen LogP contribution in [0.15, 0.2) is 36.5 Å². The zero-order chi connectivity index (χ0) is 16.8. The van der Waals surface area contributed by atoms with Crippen LogP contribution in [0, 0.1) is 5.92 Å². The van der Waals surface area contributed by atoms with Crippen molar-refractivity contribution in [2.75, 3.05) is 11.9 Å². The van der Waals surface area contributed by atoms with Gasteiger partial charge in [0.25, 0.3) is 5.91 Å². The number of rotatable bonds is 6. The smallest absolute Gasteiger partial charge is 0.251 e. The Morgan fingerprint density at radius 2 is 1.96 bits per heavy atom. The van der Waals surface area contributed by atoms with Crippen LogP contribution in [0.5, 0.6) is 0 Å². The monoisotopic (exact) mass is 351 g/mol. The van der Waals surface area contributed by atoms with Gasteiger partial charge in [-0.25, -0.2) is 4.98 Å². The van der Waals surface area contributed by atoms with E-state index in [2.05, 4.69) is 29.5 Å². The highest BCUT2D eigenvalue weighted by Gasteiger charge is 2.07. The van der Waals surface area contributed by atoms with E-state index in [1.807, 2.05) is 0 Å². The summed E-state index contributed by atoms with van der Waals surface area (Å²) < 4.78 is 0. The van der Waals surface area contributed by atoms with Crippen LogP contribution in [-0.2, 0) is 0 Å². The van der Waals surface area contributed by atoms with Gasteiger partial charge in [-0.3, -0.25) is 4.79 Å². The molecule has 0 unspecified atom stereocenters. The molecular weight excluding hydrogens is 333 g/mol. The zero-order valence-corrected chi connectivity index (χ0v) is 14.6. The highest BCUT2D eigenvalue weighted by molar-refractivity contribution is 6.42. The number of benzene rings is 1. The maximum atomic E-state index is 12.1. The summed E-state index contributed by atoms with van der Waals surface area (Å²) >= 11 is 11.9. The average Bonchev–Trinajstić information content (AvgIpc) is 2.51. The van der Waals surface area contributed by atoms with Gasteiger partial charge in [-0.2, -0.15) is 0 Å². The Morgan fingerprint density at radius 3 is 2.65 bits per heavy atom. The third-order valence-electron chi connectivity index (χ3n) is 3.22. The molecule has 2 rings (SSSR count). The predicted molar refractivity (Wildman–Crippen MR) is 95.8 cm³/mol. The van der Waals surface area contributed by atoms with Gasteiger partial charge in [0, 0.05) is 24.0 Å². The van der Waals surface area contributed by atoms with Gasteiger partial charge in [-0.15, -0.1) is 0 Å². The first-order chi connectivity index (χ1) is 11.0. The second-order valence-electron chi connectivity index (χ2n) is 5.62. The number of nitrogens with one attached hydrogen (secondary N) is 2. The summed E-state index contributed by atoms with van der Waals surface area (Å²) in [4.78, 5) is 16.3. The van der Waals surface area contributed by atoms with Crippen molar-refractivity contribution in [3.05, 3.63) is 52.1 Å². The second-order valence-corrected chi connectivity index (χ2v) is 6.44. The molecule has 23 heavy (non-hydrogen) atoms. The summed E-state index contributed by atoms with van der Waals surface area (Å²) in [6.07, 6.45) is 2.54. The molecule has 0 aliphatic rings. The quantitative estimate of drug-likeness (QED) is 0.777. The summed E-state index contributed by atoms with van der Waals surface area (Å²) in [5.74, 6) is 1.02. The normalized spacial score (nSPS) is 10.7. The Bertz CT molecular complexity index is 689. The molecule has 1 amide bonds. The summed E-state index contributed by atoms with van der Waals surface area (Å²) in [6, 6.07) is 8.60. The molecule has 6 heteroatoms. The molecule has 1 aromatic carbocycles. The van der Waals surface area contributed by atoms with Crippen molar-refractivity contribution in [2.24, 2.45) is 5.92 Å². The minimum Gasteiger partial charge on any atom is -0.352 e. The molecule has 0 aliphatic heterocycles. The molecule has 2 aromatic rings. The van der Waals surface area contributed by atoms with E-state index in [4.69, 9.17) is 23.2 Å². The van der Waals surface area contributed by atoms with E-state index in [1.165, 1.54) is 0 Å². The zero-order valence-electron chi connectivity index (χ0n) is 13.1. The van der Waals surface area contributed by atoms with Crippen LogP contribution in [-0.4, -0.2) is 17.4 Å². The van der Waals surface area contributed by atoms with E-state index in [0.717, 1.165) is 12.1 Å². The maximum absolute atomic E-state index is 12.1. The number of anilines is 2. The van der Waals surface area contributed by atoms with Gasteiger partial charge < -0.3 is 10.6 Å². The standard InChI is InChI=1S/C17H19Cl2N3O/c1-11(2)5-7-21-17(23)12-6-8-20-16(9-12)22-13-3-4-14(18)15(19)10-13/h3-4,6,8-11H,5,7H2,1-2H3,(H,20,22)(H,21,23). The number of nitrogens with zero attached hydrogens (tertiary/aromatic N) is 1. The molecule has 1 aromatic heterocycles. The van der Waals surface area contributed by atoms with E-state index < -0.39 is 0 Å². The van der Waals surface area contributed by atoms with Crippen molar-refractivity contribution in [3.8, 4) is 0 Å².